The molecule has 0 spiro atoms. The van der Waals surface area contributed by atoms with Crippen molar-refractivity contribution in [3.63, 3.8) is 0 Å². The van der Waals surface area contributed by atoms with Crippen LogP contribution in [0.1, 0.15) is 0 Å². The van der Waals surface area contributed by atoms with E-state index < -0.39 is 0 Å². The molecule has 0 bridgehead atoms. The fraction of sp³-hybridized carbons (Fsp3) is 0. The quantitative estimate of drug-likeness (QED) is 0.345. The van der Waals surface area contributed by atoms with Gasteiger partial charge in [-0.05, 0) is 0 Å². The molecule has 0 unspecified atom stereocenters. The molecule has 4 nitrogen and oxygen atoms in total. The molecule has 0 amide bonds. The molecule has 144 valence electrons. The Kier molecular flexibility index (Phi) is 19.3. The second-order valence-electron chi connectivity index (χ2n) is 5.25. The van der Waals surface area contributed by atoms with E-state index in [1.807, 2.05) is 24.3 Å². The van der Waals surface area contributed by atoms with Crippen LogP contribution >= 0.6 is 0 Å². The predicted octanol–water partition coefficient (Wildman–Crippen LogP) is 3.04. The van der Waals surface area contributed by atoms with Gasteiger partial charge in [0.2, 0.25) is 0 Å². The van der Waals surface area contributed by atoms with Crippen LogP contribution in [0, 0.1) is 0 Å². The zero-order chi connectivity index (χ0) is 20.5. The van der Waals surface area contributed by atoms with E-state index in [9.17, 15) is 20.4 Å². The Hall–Kier alpha value is -2.67. The topological polar surface area (TPSA) is 92.2 Å². The maximum absolute atomic E-state index is 10.3. The summed E-state index contributed by atoms with van der Waals surface area (Å²) in [4.78, 5) is 0. The fourth-order valence-electron chi connectivity index (χ4n) is 1.68. The molecule has 0 aliphatic carbocycles. The summed E-state index contributed by atoms with van der Waals surface area (Å²) in [5.74, 6) is 0.287. The van der Waals surface area contributed by atoms with Crippen molar-refractivity contribution in [2.24, 2.45) is 0 Å². The summed E-state index contributed by atoms with van der Waals surface area (Å²) in [6.45, 7) is 0. The zero-order valence-corrected chi connectivity index (χ0v) is 22.5. The molecule has 4 aromatic carbocycles. The number of para-hydroxylation sites is 4. The summed E-state index contributed by atoms with van der Waals surface area (Å²) in [6.07, 6.45) is 0. The van der Waals surface area contributed by atoms with Crippen molar-refractivity contribution < 1.29 is 59.4 Å². The first-order chi connectivity index (χ1) is 13.6. The summed E-state index contributed by atoms with van der Waals surface area (Å²) in [5.41, 5.74) is 0. The van der Waals surface area contributed by atoms with Gasteiger partial charge in [0.05, 0.1) is 0 Å². The van der Waals surface area contributed by atoms with Gasteiger partial charge in [0.1, 0.15) is 0 Å². The van der Waals surface area contributed by atoms with Gasteiger partial charge in [-0.3, -0.25) is 0 Å². The molecule has 0 N–H and O–H groups in total. The van der Waals surface area contributed by atoms with Gasteiger partial charge in [0, 0.05) is 0 Å². The van der Waals surface area contributed by atoms with Crippen LogP contribution in [0.25, 0.3) is 0 Å². The average Bonchev–Trinajstić information content (AvgIpc) is 2.72. The Morgan fingerprint density at radius 1 is 0.267 bits per heavy atom. The minimum Gasteiger partial charge on any atom is -0.872 e. The minimum atomic E-state index is 0. The summed E-state index contributed by atoms with van der Waals surface area (Å²) in [5, 5.41) is 41.1. The van der Waals surface area contributed by atoms with Gasteiger partial charge >= 0.3 is 39.0 Å². The minimum absolute atomic E-state index is 0. The summed E-state index contributed by atoms with van der Waals surface area (Å²) in [7, 11) is 0. The van der Waals surface area contributed by atoms with Gasteiger partial charge in [-0.2, -0.15) is 0 Å². The molecule has 0 saturated carbocycles. The number of rotatable bonds is 0. The van der Waals surface area contributed by atoms with Crippen molar-refractivity contribution in [1.82, 2.24) is 0 Å². The second kappa shape index (κ2) is 19.6. The van der Waals surface area contributed by atoms with Gasteiger partial charge in [-0.1, -0.05) is 121 Å². The molecule has 4 rings (SSSR count). The van der Waals surface area contributed by atoms with Gasteiger partial charge in [0.25, 0.3) is 0 Å². The Morgan fingerprint density at radius 2 is 0.400 bits per heavy atom. The van der Waals surface area contributed by atoms with Gasteiger partial charge in [0.15, 0.2) is 0 Å². The van der Waals surface area contributed by atoms with Crippen molar-refractivity contribution in [2.75, 3.05) is 0 Å². The van der Waals surface area contributed by atoms with E-state index in [1.54, 1.807) is 48.5 Å². The standard InChI is InChI=1S/4C6H6O.2Zn/c4*7-6-4-2-1-3-5-6;;/h4*1-5,7H;;/q;;;;2*+2/p-4. The third kappa shape index (κ3) is 17.4. The molecule has 0 heterocycles. The first-order valence-electron chi connectivity index (χ1n) is 8.46. The summed E-state index contributed by atoms with van der Waals surface area (Å²) < 4.78 is 0. The molecule has 0 atom stereocenters. The molecule has 6 heteroatoms. The van der Waals surface area contributed by atoms with Crippen LogP contribution in [0.3, 0.4) is 0 Å². The van der Waals surface area contributed by atoms with Crippen molar-refractivity contribution in [1.29, 1.82) is 0 Å². The maximum atomic E-state index is 10.3. The van der Waals surface area contributed by atoms with Gasteiger partial charge < -0.3 is 20.4 Å². The Balaban J connectivity index is 0. The summed E-state index contributed by atoms with van der Waals surface area (Å²) >= 11 is 0. The fourth-order valence-corrected chi connectivity index (χ4v) is 1.68. The Bertz CT molecular complexity index is 697. The first kappa shape index (κ1) is 29.5. The van der Waals surface area contributed by atoms with E-state index in [0.29, 0.717) is 0 Å². The zero-order valence-electron chi connectivity index (χ0n) is 16.6. The first-order valence-corrected chi connectivity index (χ1v) is 8.46. The molecule has 0 aliphatic heterocycles. The smallest absolute Gasteiger partial charge is 0.872 e. The van der Waals surface area contributed by atoms with Crippen molar-refractivity contribution in [3.05, 3.63) is 121 Å². The van der Waals surface area contributed by atoms with Crippen LogP contribution in [0.15, 0.2) is 121 Å². The van der Waals surface area contributed by atoms with Crippen LogP contribution in [0.2, 0.25) is 0 Å². The van der Waals surface area contributed by atoms with Crippen molar-refractivity contribution in [2.45, 2.75) is 0 Å². The molecule has 0 radical (unpaired) electrons. The van der Waals surface area contributed by atoms with Crippen LogP contribution < -0.4 is 20.4 Å². The van der Waals surface area contributed by atoms with Crippen LogP contribution in [0.4, 0.5) is 0 Å². The average molecular weight is 503 g/mol. The normalized spacial score (nSPS) is 8.00. The van der Waals surface area contributed by atoms with E-state index in [1.165, 1.54) is 48.5 Å². The van der Waals surface area contributed by atoms with E-state index in [4.69, 9.17) is 0 Å². The third-order valence-electron chi connectivity index (χ3n) is 2.97. The SMILES string of the molecule is [O-]c1ccccc1.[O-]c1ccccc1.[O-]c1ccccc1.[O-]c1ccccc1.[Zn+2].[Zn+2]. The van der Waals surface area contributed by atoms with Crippen molar-refractivity contribution in [3.8, 4) is 23.0 Å². The summed E-state index contributed by atoms with van der Waals surface area (Å²) in [6, 6.07) is 33.3. The molecular weight excluding hydrogens is 483 g/mol. The molecule has 4 aromatic rings. The molecular formula is C24H20O4Zn2. The van der Waals surface area contributed by atoms with Crippen LogP contribution in [-0.2, 0) is 39.0 Å². The Morgan fingerprint density at radius 3 is 0.467 bits per heavy atom. The predicted molar refractivity (Wildman–Crippen MR) is 104 cm³/mol. The van der Waals surface area contributed by atoms with E-state index in [2.05, 4.69) is 0 Å². The maximum Gasteiger partial charge on any atom is 2.00 e. The van der Waals surface area contributed by atoms with E-state index in [0.717, 1.165) is 0 Å². The van der Waals surface area contributed by atoms with E-state index >= 15 is 0 Å². The van der Waals surface area contributed by atoms with E-state index in [-0.39, 0.29) is 62.0 Å². The largest absolute Gasteiger partial charge is 2.00 e. The molecule has 0 aliphatic rings. The molecule has 0 saturated heterocycles. The van der Waals surface area contributed by atoms with Crippen molar-refractivity contribution >= 4 is 0 Å². The van der Waals surface area contributed by atoms with Crippen LogP contribution in [-0.4, -0.2) is 0 Å². The molecule has 0 aromatic heterocycles. The number of benzene rings is 4. The van der Waals surface area contributed by atoms with Gasteiger partial charge in [-0.15, -0.1) is 23.0 Å². The number of hydrogen-bond donors (Lipinski definition) is 0. The molecule has 0 fully saturated rings. The second-order valence-corrected chi connectivity index (χ2v) is 5.25. The number of hydrogen-bond acceptors (Lipinski definition) is 4. The monoisotopic (exact) mass is 500 g/mol. The molecule has 30 heavy (non-hydrogen) atoms. The Labute approximate surface area is 203 Å². The van der Waals surface area contributed by atoms with Gasteiger partial charge in [-0.25, -0.2) is 0 Å². The van der Waals surface area contributed by atoms with Crippen LogP contribution in [0.5, 0.6) is 23.0 Å². The third-order valence-corrected chi connectivity index (χ3v) is 2.97.